The maximum atomic E-state index is 11.9. The Labute approximate surface area is 174 Å². The maximum absolute atomic E-state index is 11.9. The van der Waals surface area contributed by atoms with Crippen LogP contribution >= 0.6 is 24.0 Å². The lowest BCUT2D eigenvalue weighted by atomic mass is 10.1. The molecule has 0 aromatic heterocycles. The Hall–Kier alpha value is -1.51. The third kappa shape index (κ3) is 9.84. The molecule has 6 nitrogen and oxygen atoms in total. The zero-order valence-electron chi connectivity index (χ0n) is 16.7. The summed E-state index contributed by atoms with van der Waals surface area (Å²) in [7, 11) is 1.72. The number of ether oxygens (including phenoxy) is 1. The number of carbonyl (C=O) groups excluding carboxylic acids is 1. The molecule has 1 atom stereocenters. The average molecular weight is 476 g/mol. The molecule has 2 N–H and O–H groups in total. The number of rotatable bonds is 6. The third-order valence-corrected chi connectivity index (χ3v) is 3.41. The molecule has 1 aromatic rings. The first-order valence-corrected chi connectivity index (χ1v) is 8.77. The smallest absolute Gasteiger partial charge is 0.410 e. The van der Waals surface area contributed by atoms with Gasteiger partial charge >= 0.3 is 6.09 Å². The Bertz CT molecular complexity index is 558. The van der Waals surface area contributed by atoms with Gasteiger partial charge in [0.2, 0.25) is 0 Å². The molecule has 0 saturated carbocycles. The van der Waals surface area contributed by atoms with Crippen LogP contribution in [0.1, 0.15) is 46.2 Å². The molecular weight excluding hydrogens is 443 g/mol. The van der Waals surface area contributed by atoms with Crippen LogP contribution < -0.4 is 10.6 Å². The van der Waals surface area contributed by atoms with Crippen molar-refractivity contribution in [1.29, 1.82) is 0 Å². The fraction of sp³-hybridized carbons (Fsp3) is 0.579. The van der Waals surface area contributed by atoms with Crippen LogP contribution in [-0.2, 0) is 4.74 Å². The summed E-state index contributed by atoms with van der Waals surface area (Å²) in [5, 5.41) is 6.61. The minimum Gasteiger partial charge on any atom is -0.444 e. The highest BCUT2D eigenvalue weighted by Crippen LogP contribution is 2.11. The molecule has 0 spiro atoms. The zero-order chi connectivity index (χ0) is 18.9. The molecule has 0 fully saturated rings. The van der Waals surface area contributed by atoms with E-state index in [2.05, 4.69) is 34.7 Å². The predicted octanol–water partition coefficient (Wildman–Crippen LogP) is 3.79. The van der Waals surface area contributed by atoms with Crippen molar-refractivity contribution in [3.05, 3.63) is 35.9 Å². The molecule has 1 unspecified atom stereocenters. The minimum absolute atomic E-state index is 0. The first kappa shape index (κ1) is 24.5. The van der Waals surface area contributed by atoms with Crippen molar-refractivity contribution in [3.8, 4) is 0 Å². The molecule has 0 aliphatic carbocycles. The van der Waals surface area contributed by atoms with Gasteiger partial charge in [0, 0.05) is 20.1 Å². The Morgan fingerprint density at radius 3 is 2.42 bits per heavy atom. The van der Waals surface area contributed by atoms with Gasteiger partial charge in [-0.1, -0.05) is 30.3 Å². The number of benzene rings is 1. The monoisotopic (exact) mass is 476 g/mol. The average Bonchev–Trinajstić information content (AvgIpc) is 2.54. The van der Waals surface area contributed by atoms with E-state index in [1.54, 1.807) is 11.9 Å². The Morgan fingerprint density at radius 1 is 1.27 bits per heavy atom. The van der Waals surface area contributed by atoms with Crippen LogP contribution in [0.15, 0.2) is 35.3 Å². The zero-order valence-corrected chi connectivity index (χ0v) is 19.0. The second-order valence-electron chi connectivity index (χ2n) is 6.94. The number of hydrogen-bond donors (Lipinski definition) is 2. The molecule has 1 amide bonds. The third-order valence-electron chi connectivity index (χ3n) is 3.41. The van der Waals surface area contributed by atoms with Crippen molar-refractivity contribution in [3.63, 3.8) is 0 Å². The topological polar surface area (TPSA) is 66.0 Å². The molecule has 0 bridgehead atoms. The van der Waals surface area contributed by atoms with E-state index in [1.165, 1.54) is 5.56 Å². The second kappa shape index (κ2) is 12.0. The summed E-state index contributed by atoms with van der Waals surface area (Å²) in [4.78, 5) is 18.0. The molecule has 1 aromatic carbocycles. The van der Waals surface area contributed by atoms with Crippen LogP contribution in [0.2, 0.25) is 0 Å². The highest BCUT2D eigenvalue weighted by molar-refractivity contribution is 14.0. The van der Waals surface area contributed by atoms with Gasteiger partial charge in [-0.2, -0.15) is 0 Å². The van der Waals surface area contributed by atoms with Crippen molar-refractivity contribution < 1.29 is 9.53 Å². The lowest BCUT2D eigenvalue weighted by Crippen LogP contribution is -2.40. The summed E-state index contributed by atoms with van der Waals surface area (Å²) in [6.07, 6.45) is -0.335. The molecule has 7 heteroatoms. The summed E-state index contributed by atoms with van der Waals surface area (Å²) in [6, 6.07) is 10.3. The van der Waals surface area contributed by atoms with Gasteiger partial charge in [-0.15, -0.1) is 24.0 Å². The minimum atomic E-state index is -0.490. The van der Waals surface area contributed by atoms with E-state index in [0.29, 0.717) is 13.1 Å². The van der Waals surface area contributed by atoms with Gasteiger partial charge in [0.05, 0.1) is 12.6 Å². The van der Waals surface area contributed by atoms with Gasteiger partial charge in [0.1, 0.15) is 5.60 Å². The highest BCUT2D eigenvalue weighted by atomic mass is 127. The fourth-order valence-electron chi connectivity index (χ4n) is 2.09. The van der Waals surface area contributed by atoms with Crippen molar-refractivity contribution in [2.24, 2.45) is 4.99 Å². The molecule has 1 rings (SSSR count). The summed E-state index contributed by atoms with van der Waals surface area (Å²) in [5.74, 6) is 0.733. The van der Waals surface area contributed by atoms with E-state index >= 15 is 0 Å². The van der Waals surface area contributed by atoms with Crippen molar-refractivity contribution >= 4 is 36.0 Å². The number of amides is 1. The first-order valence-electron chi connectivity index (χ1n) is 8.77. The highest BCUT2D eigenvalue weighted by Gasteiger charge is 2.19. The van der Waals surface area contributed by atoms with E-state index in [-0.39, 0.29) is 36.1 Å². The molecule has 0 saturated heterocycles. The summed E-state index contributed by atoms with van der Waals surface area (Å²) >= 11 is 0. The number of likely N-dealkylation sites (N-methyl/N-ethyl adjacent to an activating group) is 1. The number of guanidine groups is 1. The van der Waals surface area contributed by atoms with Crippen LogP contribution in [0.4, 0.5) is 4.79 Å². The van der Waals surface area contributed by atoms with Gasteiger partial charge in [0.25, 0.3) is 0 Å². The number of carbonyl (C=O) groups is 1. The maximum Gasteiger partial charge on any atom is 0.410 e. The largest absolute Gasteiger partial charge is 0.444 e. The molecular formula is C19H33IN4O2. The van der Waals surface area contributed by atoms with E-state index in [1.807, 2.05) is 45.9 Å². The van der Waals surface area contributed by atoms with Crippen LogP contribution in [0.3, 0.4) is 0 Å². The molecule has 0 radical (unpaired) electrons. The SMILES string of the molecule is CCNC(=NCCN(C)C(=O)OC(C)(C)C)NC(C)c1ccccc1.I. The van der Waals surface area contributed by atoms with Crippen LogP contribution in [0, 0.1) is 0 Å². The molecule has 0 aliphatic heterocycles. The Morgan fingerprint density at radius 2 is 1.88 bits per heavy atom. The standard InChI is InChI=1S/C19H32N4O2.HI/c1-7-20-17(22-15(2)16-11-9-8-10-12-16)21-13-14-23(6)18(24)25-19(3,4)5;/h8-12,15H,7,13-14H2,1-6H3,(H2,20,21,22);1H. The quantitative estimate of drug-likeness (QED) is 0.373. The number of nitrogens with one attached hydrogen (secondary N) is 2. The Balaban J connectivity index is 0.00000625. The van der Waals surface area contributed by atoms with Gasteiger partial charge in [-0.3, -0.25) is 4.99 Å². The van der Waals surface area contributed by atoms with Crippen molar-refractivity contribution in [1.82, 2.24) is 15.5 Å². The number of hydrogen-bond acceptors (Lipinski definition) is 3. The second-order valence-corrected chi connectivity index (χ2v) is 6.94. The molecule has 0 heterocycles. The van der Waals surface area contributed by atoms with E-state index in [0.717, 1.165) is 12.5 Å². The van der Waals surface area contributed by atoms with Gasteiger partial charge < -0.3 is 20.3 Å². The number of halogens is 1. The van der Waals surface area contributed by atoms with Gasteiger partial charge in [-0.05, 0) is 40.2 Å². The predicted molar refractivity (Wildman–Crippen MR) is 118 cm³/mol. The van der Waals surface area contributed by atoms with Crippen molar-refractivity contribution in [2.75, 3.05) is 26.7 Å². The Kier molecular flexibility index (Phi) is 11.3. The normalized spacial score (nSPS) is 12.6. The summed E-state index contributed by atoms with van der Waals surface area (Å²) < 4.78 is 5.33. The lowest BCUT2D eigenvalue weighted by molar-refractivity contribution is 0.0304. The fourth-order valence-corrected chi connectivity index (χ4v) is 2.09. The van der Waals surface area contributed by atoms with Crippen LogP contribution in [0.25, 0.3) is 0 Å². The van der Waals surface area contributed by atoms with Crippen molar-refractivity contribution in [2.45, 2.75) is 46.3 Å². The van der Waals surface area contributed by atoms with E-state index < -0.39 is 5.60 Å². The number of nitrogens with zero attached hydrogens (tertiary/aromatic N) is 2. The van der Waals surface area contributed by atoms with Crippen LogP contribution in [0.5, 0.6) is 0 Å². The summed E-state index contributed by atoms with van der Waals surface area (Å²) in [6.45, 7) is 11.4. The first-order chi connectivity index (χ1) is 11.7. The molecule has 148 valence electrons. The van der Waals surface area contributed by atoms with Crippen LogP contribution in [-0.4, -0.2) is 49.2 Å². The van der Waals surface area contributed by atoms with E-state index in [4.69, 9.17) is 4.74 Å². The summed E-state index contributed by atoms with van der Waals surface area (Å²) in [5.41, 5.74) is 0.704. The van der Waals surface area contributed by atoms with E-state index in [9.17, 15) is 4.79 Å². The van der Waals surface area contributed by atoms with Gasteiger partial charge in [0.15, 0.2) is 5.96 Å². The number of aliphatic imine (C=N–C) groups is 1. The molecule has 0 aliphatic rings. The lowest BCUT2D eigenvalue weighted by Gasteiger charge is -2.24. The van der Waals surface area contributed by atoms with Gasteiger partial charge in [-0.25, -0.2) is 4.79 Å². The molecule has 26 heavy (non-hydrogen) atoms.